The number of hydrogen-bond acceptors (Lipinski definition) is 5. The molecule has 2 heterocycles. The highest BCUT2D eigenvalue weighted by Gasteiger charge is 2.23. The molecule has 33 heavy (non-hydrogen) atoms. The van der Waals surface area contributed by atoms with Crippen molar-refractivity contribution in [2.24, 2.45) is 0 Å². The number of anilines is 2. The normalized spacial score (nSPS) is 14.2. The second-order valence-corrected chi connectivity index (χ2v) is 8.31. The van der Waals surface area contributed by atoms with Crippen molar-refractivity contribution in [1.82, 2.24) is 9.88 Å². The Morgan fingerprint density at radius 1 is 1.15 bits per heavy atom. The summed E-state index contributed by atoms with van der Waals surface area (Å²) in [6.45, 7) is 2.61. The van der Waals surface area contributed by atoms with Gasteiger partial charge >= 0.3 is 0 Å². The Hall–Kier alpha value is -3.76. The van der Waals surface area contributed by atoms with Crippen molar-refractivity contribution in [2.75, 3.05) is 30.4 Å². The standard InChI is InChI=1S/C26H26FN5O/c1-31(18-20-4-2-19(17-28)3-5-20)24-11-14-32(15-12-24)25-16-23(10-13-29-25)30-26(33)21-6-8-22(27)9-7-21/h2-10,13,16,24H,11-12,14-15,18H2,1H3,(H,29,30,33). The lowest BCUT2D eigenvalue weighted by Crippen LogP contribution is -2.43. The molecule has 0 radical (unpaired) electrons. The molecule has 1 aromatic heterocycles. The molecule has 1 fully saturated rings. The fourth-order valence-corrected chi connectivity index (χ4v) is 4.11. The number of pyridine rings is 1. The van der Waals surface area contributed by atoms with E-state index in [2.05, 4.69) is 33.2 Å². The van der Waals surface area contributed by atoms with Crippen LogP contribution >= 0.6 is 0 Å². The number of carbonyl (C=O) groups is 1. The summed E-state index contributed by atoms with van der Waals surface area (Å²) in [5.74, 6) is 0.180. The van der Waals surface area contributed by atoms with E-state index >= 15 is 0 Å². The van der Waals surface area contributed by atoms with Gasteiger partial charge in [-0.15, -0.1) is 0 Å². The molecule has 0 spiro atoms. The van der Waals surface area contributed by atoms with Crippen LogP contribution < -0.4 is 10.2 Å². The van der Waals surface area contributed by atoms with Crippen molar-refractivity contribution in [2.45, 2.75) is 25.4 Å². The zero-order valence-corrected chi connectivity index (χ0v) is 18.5. The zero-order chi connectivity index (χ0) is 23.2. The van der Waals surface area contributed by atoms with E-state index in [-0.39, 0.29) is 11.7 Å². The van der Waals surface area contributed by atoms with Gasteiger partial charge in [0.1, 0.15) is 11.6 Å². The third-order valence-corrected chi connectivity index (χ3v) is 6.04. The molecule has 3 aromatic rings. The van der Waals surface area contributed by atoms with Crippen molar-refractivity contribution < 1.29 is 9.18 Å². The largest absolute Gasteiger partial charge is 0.356 e. The molecule has 4 rings (SSSR count). The predicted molar refractivity (Wildman–Crippen MR) is 126 cm³/mol. The molecule has 7 heteroatoms. The number of nitrogens with zero attached hydrogens (tertiary/aromatic N) is 4. The van der Waals surface area contributed by atoms with Gasteiger partial charge in [0, 0.05) is 49.2 Å². The minimum absolute atomic E-state index is 0.282. The fourth-order valence-electron chi connectivity index (χ4n) is 4.11. The summed E-state index contributed by atoms with van der Waals surface area (Å²) in [5, 5.41) is 11.8. The number of carbonyl (C=O) groups excluding carboxylic acids is 1. The van der Waals surface area contributed by atoms with E-state index in [0.29, 0.717) is 22.9 Å². The molecule has 1 saturated heterocycles. The van der Waals surface area contributed by atoms with Crippen LogP contribution in [0.25, 0.3) is 0 Å². The molecule has 0 unspecified atom stereocenters. The Morgan fingerprint density at radius 3 is 2.52 bits per heavy atom. The van der Waals surface area contributed by atoms with Crippen LogP contribution in [0, 0.1) is 17.1 Å². The summed E-state index contributed by atoms with van der Waals surface area (Å²) in [6, 6.07) is 19.5. The quantitative estimate of drug-likeness (QED) is 0.610. The lowest BCUT2D eigenvalue weighted by Gasteiger charge is -2.37. The Kier molecular flexibility index (Phi) is 6.96. The second kappa shape index (κ2) is 10.2. The van der Waals surface area contributed by atoms with E-state index in [1.807, 2.05) is 30.3 Å². The first-order valence-corrected chi connectivity index (χ1v) is 11.0. The lowest BCUT2D eigenvalue weighted by molar-refractivity contribution is 0.102. The molecule has 1 amide bonds. The highest BCUT2D eigenvalue weighted by molar-refractivity contribution is 6.04. The van der Waals surface area contributed by atoms with Gasteiger partial charge in [0.05, 0.1) is 11.6 Å². The van der Waals surface area contributed by atoms with Crippen LogP contribution in [0.5, 0.6) is 0 Å². The third kappa shape index (κ3) is 5.73. The number of rotatable bonds is 6. The highest BCUT2D eigenvalue weighted by atomic mass is 19.1. The molecule has 6 nitrogen and oxygen atoms in total. The van der Waals surface area contributed by atoms with Gasteiger partial charge in [0.25, 0.3) is 5.91 Å². The first kappa shape index (κ1) is 22.4. The number of aromatic nitrogens is 1. The first-order valence-electron chi connectivity index (χ1n) is 11.0. The number of nitrogens with one attached hydrogen (secondary N) is 1. The van der Waals surface area contributed by atoms with E-state index in [1.165, 1.54) is 29.8 Å². The van der Waals surface area contributed by atoms with E-state index in [1.54, 1.807) is 12.3 Å². The van der Waals surface area contributed by atoms with Gasteiger partial charge in [-0.1, -0.05) is 12.1 Å². The molecule has 168 valence electrons. The Bertz CT molecular complexity index is 1130. The molecule has 1 aliphatic heterocycles. The summed E-state index contributed by atoms with van der Waals surface area (Å²) < 4.78 is 13.1. The van der Waals surface area contributed by atoms with Crippen LogP contribution in [0.3, 0.4) is 0 Å². The van der Waals surface area contributed by atoms with Gasteiger partial charge in [0.2, 0.25) is 0 Å². The summed E-state index contributed by atoms with van der Waals surface area (Å²) in [7, 11) is 2.14. The van der Waals surface area contributed by atoms with Crippen molar-refractivity contribution in [3.8, 4) is 6.07 Å². The van der Waals surface area contributed by atoms with E-state index < -0.39 is 0 Å². The summed E-state index contributed by atoms with van der Waals surface area (Å²) >= 11 is 0. The number of hydrogen-bond donors (Lipinski definition) is 1. The molecule has 2 aromatic carbocycles. The number of benzene rings is 2. The second-order valence-electron chi connectivity index (χ2n) is 8.31. The minimum atomic E-state index is -0.372. The predicted octanol–water partition coefficient (Wildman–Crippen LogP) is 4.45. The molecule has 0 aliphatic carbocycles. The van der Waals surface area contributed by atoms with E-state index in [0.717, 1.165) is 38.3 Å². The minimum Gasteiger partial charge on any atom is -0.356 e. The van der Waals surface area contributed by atoms with Crippen molar-refractivity contribution in [3.63, 3.8) is 0 Å². The van der Waals surface area contributed by atoms with Crippen LogP contribution in [0.2, 0.25) is 0 Å². The van der Waals surface area contributed by atoms with Gasteiger partial charge in [-0.3, -0.25) is 9.69 Å². The van der Waals surface area contributed by atoms with Crippen molar-refractivity contribution >= 4 is 17.4 Å². The summed E-state index contributed by atoms with van der Waals surface area (Å²) in [5.41, 5.74) is 2.94. The van der Waals surface area contributed by atoms with Crippen LogP contribution in [0.1, 0.15) is 34.3 Å². The maximum atomic E-state index is 13.1. The van der Waals surface area contributed by atoms with Gasteiger partial charge in [-0.05, 0) is 67.9 Å². The lowest BCUT2D eigenvalue weighted by atomic mass is 10.0. The Balaban J connectivity index is 1.32. The summed E-state index contributed by atoms with van der Waals surface area (Å²) in [4.78, 5) is 21.5. The SMILES string of the molecule is CN(Cc1ccc(C#N)cc1)C1CCN(c2cc(NC(=O)c3ccc(F)cc3)ccn2)CC1. The summed E-state index contributed by atoms with van der Waals surface area (Å²) in [6.07, 6.45) is 3.72. The number of halogens is 1. The zero-order valence-electron chi connectivity index (χ0n) is 18.5. The van der Waals surface area contributed by atoms with Gasteiger partial charge in [-0.2, -0.15) is 5.26 Å². The van der Waals surface area contributed by atoms with Crippen molar-refractivity contribution in [3.05, 3.63) is 89.4 Å². The maximum absolute atomic E-state index is 13.1. The molecule has 0 atom stereocenters. The van der Waals surface area contributed by atoms with Crippen LogP contribution in [-0.4, -0.2) is 42.0 Å². The molecular weight excluding hydrogens is 417 g/mol. The molecule has 1 N–H and O–H groups in total. The molecule has 1 aliphatic rings. The van der Waals surface area contributed by atoms with Crippen LogP contribution in [0.15, 0.2) is 66.9 Å². The third-order valence-electron chi connectivity index (χ3n) is 6.04. The topological polar surface area (TPSA) is 72.3 Å². The molecule has 0 saturated carbocycles. The average molecular weight is 444 g/mol. The number of nitriles is 1. The smallest absolute Gasteiger partial charge is 0.255 e. The van der Waals surface area contributed by atoms with E-state index in [9.17, 15) is 9.18 Å². The Labute approximate surface area is 193 Å². The average Bonchev–Trinajstić information content (AvgIpc) is 2.85. The van der Waals surface area contributed by atoms with Gasteiger partial charge < -0.3 is 10.2 Å². The van der Waals surface area contributed by atoms with Gasteiger partial charge in [0.15, 0.2) is 0 Å². The van der Waals surface area contributed by atoms with E-state index in [4.69, 9.17) is 5.26 Å². The van der Waals surface area contributed by atoms with Crippen molar-refractivity contribution in [1.29, 1.82) is 5.26 Å². The van der Waals surface area contributed by atoms with Crippen LogP contribution in [0.4, 0.5) is 15.9 Å². The molecule has 0 bridgehead atoms. The monoisotopic (exact) mass is 443 g/mol. The maximum Gasteiger partial charge on any atom is 0.255 e. The van der Waals surface area contributed by atoms with Crippen LogP contribution in [-0.2, 0) is 6.54 Å². The molecular formula is C26H26FN5O. The highest BCUT2D eigenvalue weighted by Crippen LogP contribution is 2.24. The first-order chi connectivity index (χ1) is 16.0. The van der Waals surface area contributed by atoms with Gasteiger partial charge in [-0.25, -0.2) is 9.37 Å². The number of amides is 1. The Morgan fingerprint density at radius 2 is 1.85 bits per heavy atom. The fraction of sp³-hybridized carbons (Fsp3) is 0.269. The number of piperidine rings is 1.